The Morgan fingerprint density at radius 3 is 2.27 bits per heavy atom. The molecule has 3 nitrogen and oxygen atoms in total. The van der Waals surface area contributed by atoms with E-state index in [2.05, 4.69) is 0 Å². The molecule has 3 heteroatoms. The van der Waals surface area contributed by atoms with Gasteiger partial charge in [0.2, 0.25) is 0 Å². The minimum atomic E-state index is 0.0231. The monoisotopic (exact) mass is 154 g/mol. The number of carbonyl (C=O) groups is 1. The number of nitrogens with zero attached hydrogens (tertiary/aromatic N) is 1. The number of hydrogen-bond donors (Lipinski definition) is 0. The highest BCUT2D eigenvalue weighted by molar-refractivity contribution is 5.80. The number of piperidine rings is 2. The third kappa shape index (κ3) is 1.19. The molecule has 2 aliphatic heterocycles. The Morgan fingerprint density at radius 1 is 1.18 bits per heavy atom. The van der Waals surface area contributed by atoms with Crippen LogP contribution >= 0.6 is 0 Å². The maximum Gasteiger partial charge on any atom is 0.136 e. The van der Waals surface area contributed by atoms with Gasteiger partial charge >= 0.3 is 0 Å². The lowest BCUT2D eigenvalue weighted by Gasteiger charge is -2.39. The van der Waals surface area contributed by atoms with E-state index in [-0.39, 0.29) is 17.9 Å². The number of hydrogen-bond acceptors (Lipinski definition) is 2. The molecule has 0 aromatic heterocycles. The zero-order valence-corrected chi connectivity index (χ0v) is 6.45. The van der Waals surface area contributed by atoms with Crippen LogP contribution in [0.3, 0.4) is 0 Å². The van der Waals surface area contributed by atoms with Crippen molar-refractivity contribution in [1.82, 2.24) is 5.06 Å². The lowest BCUT2D eigenvalue weighted by molar-refractivity contribution is -0.239. The van der Waals surface area contributed by atoms with Crippen LogP contribution in [0.2, 0.25) is 0 Å². The van der Waals surface area contributed by atoms with Crippen molar-refractivity contribution < 1.29 is 10.0 Å². The van der Waals surface area contributed by atoms with Crippen LogP contribution in [0.25, 0.3) is 0 Å². The van der Waals surface area contributed by atoms with Crippen molar-refractivity contribution in [2.24, 2.45) is 0 Å². The second-order valence-electron chi connectivity index (χ2n) is 3.55. The van der Waals surface area contributed by atoms with Gasteiger partial charge in [-0.3, -0.25) is 4.79 Å². The Hall–Kier alpha value is -0.410. The lowest BCUT2D eigenvalue weighted by atomic mass is 9.86. The molecule has 2 bridgehead atoms. The summed E-state index contributed by atoms with van der Waals surface area (Å²) in [5.74, 6) is 0.284. The molecule has 11 heavy (non-hydrogen) atoms. The maximum atomic E-state index is 11.3. The highest BCUT2D eigenvalue weighted by Gasteiger charge is 2.37. The molecule has 2 fully saturated rings. The average Bonchev–Trinajstić information content (AvgIpc) is 1.92. The fourth-order valence-electron chi connectivity index (χ4n) is 2.13. The first kappa shape index (κ1) is 7.25. The summed E-state index contributed by atoms with van der Waals surface area (Å²) in [5, 5.41) is 12.5. The third-order valence-electron chi connectivity index (χ3n) is 2.72. The highest BCUT2D eigenvalue weighted by Crippen LogP contribution is 2.30. The third-order valence-corrected chi connectivity index (χ3v) is 2.72. The van der Waals surface area contributed by atoms with Crippen LogP contribution in [0, 0.1) is 0 Å². The molecule has 61 valence electrons. The number of Topliss-reactive ketones (excluding diaryl/α,β-unsaturated/α-hetero) is 1. The van der Waals surface area contributed by atoms with Gasteiger partial charge in [0, 0.05) is 24.9 Å². The van der Waals surface area contributed by atoms with Crippen molar-refractivity contribution in [3.63, 3.8) is 0 Å². The summed E-state index contributed by atoms with van der Waals surface area (Å²) in [6, 6.07) is 0.0463. The van der Waals surface area contributed by atoms with Gasteiger partial charge in [0.25, 0.3) is 0 Å². The van der Waals surface area contributed by atoms with Crippen LogP contribution < -0.4 is 0 Å². The molecular weight excluding hydrogens is 142 g/mol. The Labute approximate surface area is 66.0 Å². The van der Waals surface area contributed by atoms with E-state index in [0.29, 0.717) is 12.8 Å². The van der Waals surface area contributed by atoms with Crippen molar-refractivity contribution in [3.05, 3.63) is 0 Å². The van der Waals surface area contributed by atoms with Gasteiger partial charge in [0.15, 0.2) is 0 Å². The quantitative estimate of drug-likeness (QED) is 0.520. The molecule has 0 aromatic rings. The zero-order valence-electron chi connectivity index (χ0n) is 6.45. The molecule has 2 saturated heterocycles. The first-order valence-corrected chi connectivity index (χ1v) is 4.24. The van der Waals surface area contributed by atoms with Gasteiger partial charge < -0.3 is 0 Å². The molecule has 2 rings (SSSR count). The SMILES string of the molecule is [O]N1C2CCCC1CC(=O)C2. The molecule has 2 heterocycles. The van der Waals surface area contributed by atoms with Crippen molar-refractivity contribution in [2.75, 3.05) is 0 Å². The topological polar surface area (TPSA) is 40.2 Å². The molecule has 2 atom stereocenters. The maximum absolute atomic E-state index is 11.3. The number of ketones is 1. The fourth-order valence-corrected chi connectivity index (χ4v) is 2.13. The largest absolute Gasteiger partial charge is 0.300 e. The predicted molar refractivity (Wildman–Crippen MR) is 38.2 cm³/mol. The van der Waals surface area contributed by atoms with Crippen LogP contribution in [0.5, 0.6) is 0 Å². The molecule has 2 aliphatic rings. The summed E-state index contributed by atoms with van der Waals surface area (Å²) in [6.07, 6.45) is 3.97. The van der Waals surface area contributed by atoms with E-state index in [1.54, 1.807) is 0 Å². The van der Waals surface area contributed by atoms with Gasteiger partial charge in [-0.15, -0.1) is 10.3 Å². The zero-order chi connectivity index (χ0) is 7.84. The number of rotatable bonds is 0. The molecule has 0 N–H and O–H groups in total. The molecule has 1 radical (unpaired) electrons. The minimum absolute atomic E-state index is 0.0231. The van der Waals surface area contributed by atoms with Crippen LogP contribution in [-0.4, -0.2) is 22.9 Å². The highest BCUT2D eigenvalue weighted by atomic mass is 16.5. The van der Waals surface area contributed by atoms with Crippen LogP contribution in [-0.2, 0) is 10.0 Å². The number of carbonyl (C=O) groups excluding carboxylic acids is 1. The van der Waals surface area contributed by atoms with E-state index >= 15 is 0 Å². The number of fused-ring (bicyclic) bond motifs is 2. The van der Waals surface area contributed by atoms with Gasteiger partial charge in [0.1, 0.15) is 5.78 Å². The van der Waals surface area contributed by atoms with E-state index in [1.165, 1.54) is 0 Å². The normalized spacial score (nSPS) is 39.2. The summed E-state index contributed by atoms with van der Waals surface area (Å²) in [4.78, 5) is 11.1. The summed E-state index contributed by atoms with van der Waals surface area (Å²) in [6.45, 7) is 0. The molecule has 0 aliphatic carbocycles. The van der Waals surface area contributed by atoms with Gasteiger partial charge in [-0.25, -0.2) is 0 Å². The van der Waals surface area contributed by atoms with Gasteiger partial charge in [-0.1, -0.05) is 6.42 Å². The standard InChI is InChI=1S/C8H12NO2/c10-8-4-6-2-1-3-7(5-8)9(6)11/h6-7H,1-5H2. The summed E-state index contributed by atoms with van der Waals surface area (Å²) < 4.78 is 0. The van der Waals surface area contributed by atoms with Gasteiger partial charge in [-0.05, 0) is 12.8 Å². The molecule has 0 aromatic carbocycles. The summed E-state index contributed by atoms with van der Waals surface area (Å²) in [7, 11) is 0. The van der Waals surface area contributed by atoms with Crippen molar-refractivity contribution >= 4 is 5.78 Å². The Bertz CT molecular complexity index is 165. The van der Waals surface area contributed by atoms with Crippen molar-refractivity contribution in [2.45, 2.75) is 44.2 Å². The van der Waals surface area contributed by atoms with Crippen LogP contribution in [0.1, 0.15) is 32.1 Å². The van der Waals surface area contributed by atoms with Gasteiger partial charge in [-0.2, -0.15) is 0 Å². The van der Waals surface area contributed by atoms with E-state index in [9.17, 15) is 10.0 Å². The van der Waals surface area contributed by atoms with Crippen molar-refractivity contribution in [3.8, 4) is 0 Å². The molecule has 2 unspecified atom stereocenters. The van der Waals surface area contributed by atoms with Crippen LogP contribution in [0.4, 0.5) is 0 Å². The Kier molecular flexibility index (Phi) is 1.69. The van der Waals surface area contributed by atoms with Gasteiger partial charge in [0.05, 0.1) is 0 Å². The summed E-state index contributed by atoms with van der Waals surface area (Å²) in [5.41, 5.74) is 0. The smallest absolute Gasteiger partial charge is 0.136 e. The van der Waals surface area contributed by atoms with Crippen LogP contribution in [0.15, 0.2) is 0 Å². The van der Waals surface area contributed by atoms with E-state index in [4.69, 9.17) is 0 Å². The Balaban J connectivity index is 2.12. The average molecular weight is 154 g/mol. The fraction of sp³-hybridized carbons (Fsp3) is 0.875. The molecule has 0 saturated carbocycles. The molecule has 0 amide bonds. The van der Waals surface area contributed by atoms with E-state index in [0.717, 1.165) is 24.3 Å². The van der Waals surface area contributed by atoms with E-state index < -0.39 is 0 Å². The minimum Gasteiger partial charge on any atom is -0.300 e. The second kappa shape index (κ2) is 2.57. The number of hydroxylamine groups is 2. The predicted octanol–water partition coefficient (Wildman–Crippen LogP) is 0.918. The summed E-state index contributed by atoms with van der Waals surface area (Å²) >= 11 is 0. The second-order valence-corrected chi connectivity index (χ2v) is 3.55. The van der Waals surface area contributed by atoms with Crippen molar-refractivity contribution in [1.29, 1.82) is 0 Å². The molecular formula is C8H12NO2. The van der Waals surface area contributed by atoms with E-state index in [1.807, 2.05) is 0 Å². The molecule has 0 spiro atoms. The first-order valence-electron chi connectivity index (χ1n) is 4.24. The first-order chi connectivity index (χ1) is 5.27. The Morgan fingerprint density at radius 2 is 1.73 bits per heavy atom. The lowest BCUT2D eigenvalue weighted by Crippen LogP contribution is -2.49.